The van der Waals surface area contributed by atoms with Crippen LogP contribution >= 0.6 is 12.2 Å². The van der Waals surface area contributed by atoms with Crippen LogP contribution in [0.4, 0.5) is 0 Å². The smallest absolute Gasteiger partial charge is 0.209 e. The Kier molecular flexibility index (Phi) is 3.31. The molecule has 1 saturated carbocycles. The van der Waals surface area contributed by atoms with E-state index in [1.807, 2.05) is 30.3 Å². The number of hydrogen-bond acceptors (Lipinski definition) is 3. The third kappa shape index (κ3) is 2.80. The van der Waals surface area contributed by atoms with E-state index in [-0.39, 0.29) is 11.2 Å². The van der Waals surface area contributed by atoms with Crippen molar-refractivity contribution in [3.05, 3.63) is 35.9 Å². The highest BCUT2D eigenvalue weighted by atomic mass is 32.2. The molecular weight excluding hydrogens is 270 g/mol. The first-order valence-corrected chi connectivity index (χ1v) is 7.74. The van der Waals surface area contributed by atoms with E-state index in [0.717, 1.165) is 11.8 Å². The molecule has 1 aromatic carbocycles. The quantitative estimate of drug-likeness (QED) is 0.680. The molecule has 4 N–H and O–H groups in total. The van der Waals surface area contributed by atoms with Gasteiger partial charge in [0.2, 0.25) is 10.0 Å². The lowest BCUT2D eigenvalue weighted by atomic mass is 10.0. The zero-order valence-corrected chi connectivity index (χ0v) is 11.5. The van der Waals surface area contributed by atoms with Crippen molar-refractivity contribution in [3.63, 3.8) is 0 Å². The van der Waals surface area contributed by atoms with Gasteiger partial charge < -0.3 is 11.1 Å². The molecular formula is C11H15N3O2S2. The molecule has 98 valence electrons. The minimum Gasteiger partial charge on any atom is -0.376 e. The summed E-state index contributed by atoms with van der Waals surface area (Å²) in [5.41, 5.74) is 5.98. The molecule has 18 heavy (non-hydrogen) atoms. The minimum atomic E-state index is -3.25. The average Bonchev–Trinajstić information content (AvgIpc) is 2.90. The first-order chi connectivity index (χ1) is 8.33. The number of nitrogens with two attached hydrogens (primary N) is 1. The van der Waals surface area contributed by atoms with Gasteiger partial charge in [0, 0.05) is 0 Å². The molecule has 7 heteroatoms. The summed E-state index contributed by atoms with van der Waals surface area (Å²) in [4.78, 5) is 0. The molecule has 0 radical (unpaired) electrons. The normalized spacial score (nSPS) is 26.6. The van der Waals surface area contributed by atoms with Gasteiger partial charge in [0.15, 0.2) is 5.11 Å². The van der Waals surface area contributed by atoms with Gasteiger partial charge in [-0.05, 0) is 24.2 Å². The maximum absolute atomic E-state index is 11.3. The monoisotopic (exact) mass is 285 g/mol. The first kappa shape index (κ1) is 13.3. The zero-order valence-electron chi connectivity index (χ0n) is 9.88. The van der Waals surface area contributed by atoms with Gasteiger partial charge in [-0.25, -0.2) is 13.1 Å². The summed E-state index contributed by atoms with van der Waals surface area (Å²) in [7, 11) is -3.25. The van der Waals surface area contributed by atoms with Gasteiger partial charge in [0.1, 0.15) is 0 Å². The largest absolute Gasteiger partial charge is 0.376 e. The van der Waals surface area contributed by atoms with Crippen LogP contribution in [0.5, 0.6) is 0 Å². The molecule has 0 bridgehead atoms. The number of nitrogens with one attached hydrogen (secondary N) is 2. The number of thiocarbonyl (C=S) groups is 1. The molecule has 0 aromatic heterocycles. The van der Waals surface area contributed by atoms with Gasteiger partial charge in [-0.2, -0.15) is 0 Å². The Morgan fingerprint density at radius 2 is 2.06 bits per heavy atom. The number of hydrogen-bond donors (Lipinski definition) is 3. The topological polar surface area (TPSA) is 84.2 Å². The third-order valence-electron chi connectivity index (χ3n) is 2.95. The Morgan fingerprint density at radius 1 is 1.44 bits per heavy atom. The molecule has 2 unspecified atom stereocenters. The maximum atomic E-state index is 11.3. The van der Waals surface area contributed by atoms with E-state index in [0.29, 0.717) is 6.42 Å². The third-order valence-corrected chi connectivity index (χ3v) is 3.77. The lowest BCUT2D eigenvalue weighted by Gasteiger charge is -2.20. The SMILES string of the molecule is CS(=O)(=O)NC1CC1(NC(N)=S)c1ccccc1. The van der Waals surface area contributed by atoms with Gasteiger partial charge in [0.25, 0.3) is 0 Å². The van der Waals surface area contributed by atoms with Crippen LogP contribution in [0.1, 0.15) is 12.0 Å². The van der Waals surface area contributed by atoms with Crippen molar-refractivity contribution in [2.45, 2.75) is 18.0 Å². The molecule has 1 aliphatic rings. The van der Waals surface area contributed by atoms with Crippen LogP contribution < -0.4 is 15.8 Å². The van der Waals surface area contributed by atoms with Crippen molar-refractivity contribution in [3.8, 4) is 0 Å². The van der Waals surface area contributed by atoms with Crippen LogP contribution in [-0.2, 0) is 15.6 Å². The average molecular weight is 285 g/mol. The fraction of sp³-hybridized carbons (Fsp3) is 0.364. The van der Waals surface area contributed by atoms with Crippen LogP contribution in [0.15, 0.2) is 30.3 Å². The minimum absolute atomic E-state index is 0.164. The molecule has 5 nitrogen and oxygen atoms in total. The van der Waals surface area contributed by atoms with E-state index in [9.17, 15) is 8.42 Å². The van der Waals surface area contributed by atoms with Gasteiger partial charge >= 0.3 is 0 Å². The maximum Gasteiger partial charge on any atom is 0.209 e. The van der Waals surface area contributed by atoms with Gasteiger partial charge in [0.05, 0.1) is 17.8 Å². The molecule has 1 fully saturated rings. The molecule has 0 aliphatic heterocycles. The summed E-state index contributed by atoms with van der Waals surface area (Å²) in [6, 6.07) is 9.32. The second-order valence-corrected chi connectivity index (χ2v) is 6.69. The van der Waals surface area contributed by atoms with E-state index in [1.54, 1.807) is 0 Å². The number of rotatable bonds is 4. The molecule has 1 aliphatic carbocycles. The summed E-state index contributed by atoms with van der Waals surface area (Å²) >= 11 is 4.87. The van der Waals surface area contributed by atoms with E-state index < -0.39 is 15.6 Å². The van der Waals surface area contributed by atoms with Crippen LogP contribution in [-0.4, -0.2) is 25.8 Å². The second-order valence-electron chi connectivity index (χ2n) is 4.47. The standard InChI is InChI=1S/C11H15N3O2S2/c1-18(15,16)14-9-7-11(9,13-10(12)17)8-5-3-2-4-6-8/h2-6,9,14H,7H2,1H3,(H3,12,13,17). The fourth-order valence-electron chi connectivity index (χ4n) is 2.15. The highest BCUT2D eigenvalue weighted by Crippen LogP contribution is 2.46. The number of benzene rings is 1. The highest BCUT2D eigenvalue weighted by Gasteiger charge is 2.57. The van der Waals surface area contributed by atoms with E-state index in [2.05, 4.69) is 10.0 Å². The number of sulfonamides is 1. The Morgan fingerprint density at radius 3 is 2.56 bits per heavy atom. The second kappa shape index (κ2) is 4.49. The van der Waals surface area contributed by atoms with Crippen molar-refractivity contribution in [2.24, 2.45) is 5.73 Å². The fourth-order valence-corrected chi connectivity index (χ4v) is 3.13. The molecule has 2 atom stereocenters. The van der Waals surface area contributed by atoms with Gasteiger partial charge in [-0.3, -0.25) is 0 Å². The molecule has 1 aromatic rings. The highest BCUT2D eigenvalue weighted by molar-refractivity contribution is 7.88. The van der Waals surface area contributed by atoms with Gasteiger partial charge in [-0.15, -0.1) is 0 Å². The molecule has 0 amide bonds. The van der Waals surface area contributed by atoms with Crippen LogP contribution in [0.25, 0.3) is 0 Å². The van der Waals surface area contributed by atoms with Crippen LogP contribution in [0, 0.1) is 0 Å². The van der Waals surface area contributed by atoms with Crippen molar-refractivity contribution in [2.75, 3.05) is 6.26 Å². The van der Waals surface area contributed by atoms with E-state index >= 15 is 0 Å². The lowest BCUT2D eigenvalue weighted by Crippen LogP contribution is -2.44. The Hall–Kier alpha value is -1.18. The van der Waals surface area contributed by atoms with Crippen molar-refractivity contribution >= 4 is 27.4 Å². The summed E-state index contributed by atoms with van der Waals surface area (Å²) in [5, 5.41) is 3.17. The van der Waals surface area contributed by atoms with Crippen molar-refractivity contribution < 1.29 is 8.42 Å². The molecule has 0 saturated heterocycles. The predicted molar refractivity (Wildman–Crippen MR) is 74.4 cm³/mol. The molecule has 0 heterocycles. The van der Waals surface area contributed by atoms with Crippen molar-refractivity contribution in [1.82, 2.24) is 10.0 Å². The predicted octanol–water partition coefficient (Wildman–Crippen LogP) is 0.0366. The van der Waals surface area contributed by atoms with Gasteiger partial charge in [-0.1, -0.05) is 30.3 Å². The van der Waals surface area contributed by atoms with Crippen molar-refractivity contribution in [1.29, 1.82) is 0 Å². The van der Waals surface area contributed by atoms with E-state index in [1.165, 1.54) is 0 Å². The lowest BCUT2D eigenvalue weighted by molar-refractivity contribution is 0.562. The molecule has 0 spiro atoms. The Labute approximate surface area is 112 Å². The Bertz CT molecular complexity index is 559. The summed E-state index contributed by atoms with van der Waals surface area (Å²) < 4.78 is 25.1. The van der Waals surface area contributed by atoms with Crippen LogP contribution in [0.2, 0.25) is 0 Å². The summed E-state index contributed by atoms with van der Waals surface area (Å²) in [5.74, 6) is 0. The van der Waals surface area contributed by atoms with E-state index in [4.69, 9.17) is 18.0 Å². The van der Waals surface area contributed by atoms with Crippen LogP contribution in [0.3, 0.4) is 0 Å². The summed E-state index contributed by atoms with van der Waals surface area (Å²) in [6.45, 7) is 0. The Balaban J connectivity index is 2.26. The first-order valence-electron chi connectivity index (χ1n) is 5.44. The molecule has 2 rings (SSSR count). The summed E-state index contributed by atoms with van der Waals surface area (Å²) in [6.07, 6.45) is 1.77. The zero-order chi connectivity index (χ0) is 13.4.